The molecule has 0 aliphatic rings. The van der Waals surface area contributed by atoms with Crippen molar-refractivity contribution in [3.63, 3.8) is 0 Å². The average molecular weight is 226 g/mol. The predicted octanol–water partition coefficient (Wildman–Crippen LogP) is 1.92. The molecule has 0 saturated heterocycles. The molecular weight excluding hydrogens is 208 g/mol. The zero-order chi connectivity index (χ0) is 11.1. The fourth-order valence-electron chi connectivity index (χ4n) is 1.28. The van der Waals surface area contributed by atoms with Crippen LogP contribution in [0.5, 0.6) is 0 Å². The lowest BCUT2D eigenvalue weighted by atomic mass is 10.3. The van der Waals surface area contributed by atoms with Crippen LogP contribution in [-0.2, 0) is 4.79 Å². The summed E-state index contributed by atoms with van der Waals surface area (Å²) in [6.07, 6.45) is 1.05. The van der Waals surface area contributed by atoms with Crippen LogP contribution in [0.3, 0.4) is 0 Å². The van der Waals surface area contributed by atoms with Crippen molar-refractivity contribution in [3.05, 3.63) is 22.4 Å². The third-order valence-corrected chi connectivity index (χ3v) is 3.11. The summed E-state index contributed by atoms with van der Waals surface area (Å²) in [6, 6.07) is 4.15. The molecule has 0 saturated carbocycles. The Balaban J connectivity index is 2.26. The normalized spacial score (nSPS) is 12.4. The minimum Gasteiger partial charge on any atom is -0.348 e. The summed E-state index contributed by atoms with van der Waals surface area (Å²) < 4.78 is 0. The standard InChI is InChI=1S/C11H18N2OS/c1-3-6-12-8-11(14)13-9(2)10-5-4-7-15-10/h4-5,7,9,12H,3,6,8H2,1-2H3,(H,13,14)/t9-/m0/s1. The van der Waals surface area contributed by atoms with Gasteiger partial charge in [0.1, 0.15) is 0 Å². The van der Waals surface area contributed by atoms with Crippen LogP contribution in [0.25, 0.3) is 0 Å². The molecule has 0 aliphatic heterocycles. The van der Waals surface area contributed by atoms with Crippen LogP contribution in [0.1, 0.15) is 31.2 Å². The van der Waals surface area contributed by atoms with Crippen molar-refractivity contribution in [2.75, 3.05) is 13.1 Å². The number of amides is 1. The largest absolute Gasteiger partial charge is 0.348 e. The van der Waals surface area contributed by atoms with Gasteiger partial charge in [0.2, 0.25) is 5.91 Å². The molecular formula is C11H18N2OS. The van der Waals surface area contributed by atoms with Gasteiger partial charge in [-0.15, -0.1) is 11.3 Å². The third kappa shape index (κ3) is 4.44. The van der Waals surface area contributed by atoms with Gasteiger partial charge in [-0.1, -0.05) is 13.0 Å². The Morgan fingerprint density at radius 3 is 3.00 bits per heavy atom. The Hall–Kier alpha value is -0.870. The van der Waals surface area contributed by atoms with Crippen LogP contribution in [0.2, 0.25) is 0 Å². The molecule has 0 radical (unpaired) electrons. The number of nitrogens with one attached hydrogen (secondary N) is 2. The first-order valence-corrected chi connectivity index (χ1v) is 6.15. The van der Waals surface area contributed by atoms with E-state index in [9.17, 15) is 4.79 Å². The summed E-state index contributed by atoms with van der Waals surface area (Å²) in [4.78, 5) is 12.6. The number of thiophene rings is 1. The van der Waals surface area contributed by atoms with Crippen molar-refractivity contribution in [2.45, 2.75) is 26.3 Å². The number of hydrogen-bond acceptors (Lipinski definition) is 3. The van der Waals surface area contributed by atoms with E-state index in [0.29, 0.717) is 6.54 Å². The van der Waals surface area contributed by atoms with Crippen LogP contribution in [-0.4, -0.2) is 19.0 Å². The molecule has 0 spiro atoms. The van der Waals surface area contributed by atoms with Crippen LogP contribution in [0, 0.1) is 0 Å². The van der Waals surface area contributed by atoms with Gasteiger partial charge in [-0.25, -0.2) is 0 Å². The van der Waals surface area contributed by atoms with Crippen molar-refractivity contribution in [2.24, 2.45) is 0 Å². The monoisotopic (exact) mass is 226 g/mol. The molecule has 15 heavy (non-hydrogen) atoms. The maximum Gasteiger partial charge on any atom is 0.234 e. The second-order valence-corrected chi connectivity index (χ2v) is 4.46. The highest BCUT2D eigenvalue weighted by atomic mass is 32.1. The van der Waals surface area contributed by atoms with Gasteiger partial charge in [-0.2, -0.15) is 0 Å². The van der Waals surface area contributed by atoms with E-state index < -0.39 is 0 Å². The van der Waals surface area contributed by atoms with Gasteiger partial charge >= 0.3 is 0 Å². The van der Waals surface area contributed by atoms with E-state index in [1.54, 1.807) is 11.3 Å². The molecule has 1 aromatic heterocycles. The highest BCUT2D eigenvalue weighted by molar-refractivity contribution is 7.10. The van der Waals surface area contributed by atoms with Gasteiger partial charge in [-0.3, -0.25) is 4.79 Å². The highest BCUT2D eigenvalue weighted by Gasteiger charge is 2.09. The predicted molar refractivity (Wildman–Crippen MR) is 64.0 cm³/mol. The lowest BCUT2D eigenvalue weighted by Crippen LogP contribution is -2.35. The quantitative estimate of drug-likeness (QED) is 0.728. The van der Waals surface area contributed by atoms with Crippen molar-refractivity contribution in [1.29, 1.82) is 0 Å². The molecule has 1 amide bonds. The second-order valence-electron chi connectivity index (χ2n) is 3.48. The first kappa shape index (κ1) is 12.2. The molecule has 0 unspecified atom stereocenters. The number of carbonyl (C=O) groups is 1. The lowest BCUT2D eigenvalue weighted by molar-refractivity contribution is -0.120. The van der Waals surface area contributed by atoms with E-state index in [1.165, 1.54) is 4.88 Å². The number of rotatable bonds is 6. The fraction of sp³-hybridized carbons (Fsp3) is 0.545. The topological polar surface area (TPSA) is 41.1 Å². The van der Waals surface area contributed by atoms with Crippen molar-refractivity contribution in [3.8, 4) is 0 Å². The van der Waals surface area contributed by atoms with Gasteiger partial charge in [0, 0.05) is 4.88 Å². The van der Waals surface area contributed by atoms with Gasteiger partial charge in [0.05, 0.1) is 12.6 Å². The van der Waals surface area contributed by atoms with Crippen LogP contribution >= 0.6 is 11.3 Å². The SMILES string of the molecule is CCCNCC(=O)N[C@@H](C)c1cccs1. The third-order valence-electron chi connectivity index (χ3n) is 2.06. The molecule has 0 bridgehead atoms. The van der Waals surface area contributed by atoms with Crippen LogP contribution in [0.4, 0.5) is 0 Å². The van der Waals surface area contributed by atoms with Gasteiger partial charge in [0.25, 0.3) is 0 Å². The Morgan fingerprint density at radius 1 is 1.60 bits per heavy atom. The zero-order valence-corrected chi connectivity index (χ0v) is 10.1. The van der Waals surface area contributed by atoms with Gasteiger partial charge in [0.15, 0.2) is 0 Å². The summed E-state index contributed by atoms with van der Waals surface area (Å²) >= 11 is 1.67. The maximum atomic E-state index is 11.5. The average Bonchev–Trinajstić information content (AvgIpc) is 2.70. The molecule has 0 aromatic carbocycles. The molecule has 0 fully saturated rings. The Labute approximate surface area is 94.9 Å². The van der Waals surface area contributed by atoms with Crippen LogP contribution in [0.15, 0.2) is 17.5 Å². The first-order valence-electron chi connectivity index (χ1n) is 5.27. The molecule has 2 N–H and O–H groups in total. The van der Waals surface area contributed by atoms with Crippen molar-refractivity contribution >= 4 is 17.2 Å². The van der Waals surface area contributed by atoms with E-state index >= 15 is 0 Å². The first-order chi connectivity index (χ1) is 7.24. The van der Waals surface area contributed by atoms with E-state index in [0.717, 1.165) is 13.0 Å². The van der Waals surface area contributed by atoms with Crippen molar-refractivity contribution in [1.82, 2.24) is 10.6 Å². The molecule has 84 valence electrons. The van der Waals surface area contributed by atoms with Crippen molar-refractivity contribution < 1.29 is 4.79 Å². The molecule has 1 rings (SSSR count). The second kappa shape index (κ2) is 6.58. The minimum atomic E-state index is 0.0596. The molecule has 3 nitrogen and oxygen atoms in total. The Kier molecular flexibility index (Phi) is 5.36. The molecule has 4 heteroatoms. The molecule has 0 aliphatic carbocycles. The summed E-state index contributed by atoms with van der Waals surface area (Å²) in [5, 5.41) is 8.05. The Morgan fingerprint density at radius 2 is 2.40 bits per heavy atom. The van der Waals surface area contributed by atoms with Crippen LogP contribution < -0.4 is 10.6 Å². The molecule has 1 aromatic rings. The van der Waals surface area contributed by atoms with E-state index in [4.69, 9.17) is 0 Å². The number of carbonyl (C=O) groups excluding carboxylic acids is 1. The maximum absolute atomic E-state index is 11.5. The smallest absolute Gasteiger partial charge is 0.234 e. The summed E-state index contributed by atoms with van der Waals surface area (Å²) in [7, 11) is 0. The molecule has 1 atom stereocenters. The van der Waals surface area contributed by atoms with Gasteiger partial charge in [-0.05, 0) is 31.3 Å². The van der Waals surface area contributed by atoms with E-state index in [-0.39, 0.29) is 11.9 Å². The number of hydrogen-bond donors (Lipinski definition) is 2. The molecule has 1 heterocycles. The Bertz CT molecular complexity index is 285. The van der Waals surface area contributed by atoms with E-state index in [1.807, 2.05) is 24.4 Å². The summed E-state index contributed by atoms with van der Waals surface area (Å²) in [6.45, 7) is 5.38. The fourth-order valence-corrected chi connectivity index (χ4v) is 2.01. The zero-order valence-electron chi connectivity index (χ0n) is 9.25. The summed E-state index contributed by atoms with van der Waals surface area (Å²) in [5.74, 6) is 0.0596. The lowest BCUT2D eigenvalue weighted by Gasteiger charge is -2.12. The van der Waals surface area contributed by atoms with E-state index in [2.05, 4.69) is 17.6 Å². The summed E-state index contributed by atoms with van der Waals surface area (Å²) in [5.41, 5.74) is 0. The van der Waals surface area contributed by atoms with Gasteiger partial charge < -0.3 is 10.6 Å². The minimum absolute atomic E-state index is 0.0596. The highest BCUT2D eigenvalue weighted by Crippen LogP contribution is 2.17.